The SMILES string of the molecule is Cc1cccc(-c2[nH]c(N)nc2-c2ccc3c(c2)c(F)cn3C2CCCCO2)n1. The van der Waals surface area contributed by atoms with Gasteiger partial charge in [-0.05, 0) is 50.5 Å². The average Bonchev–Trinajstić information content (AvgIpc) is 3.29. The highest BCUT2D eigenvalue weighted by Crippen LogP contribution is 2.35. The maximum atomic E-state index is 14.8. The minimum atomic E-state index is -0.269. The van der Waals surface area contributed by atoms with Crippen molar-refractivity contribution in [3.8, 4) is 22.6 Å². The number of imidazole rings is 1. The van der Waals surface area contributed by atoms with Crippen LogP contribution in [-0.2, 0) is 4.74 Å². The van der Waals surface area contributed by atoms with Crippen LogP contribution in [0.5, 0.6) is 0 Å². The van der Waals surface area contributed by atoms with E-state index < -0.39 is 0 Å². The molecule has 1 atom stereocenters. The van der Waals surface area contributed by atoms with Gasteiger partial charge in [0.15, 0.2) is 5.95 Å². The highest BCUT2D eigenvalue weighted by atomic mass is 19.1. The minimum Gasteiger partial charge on any atom is -0.369 e. The van der Waals surface area contributed by atoms with Crippen LogP contribution in [-0.4, -0.2) is 26.1 Å². The van der Waals surface area contributed by atoms with Crippen molar-refractivity contribution in [1.82, 2.24) is 19.5 Å². The smallest absolute Gasteiger partial charge is 0.198 e. The second kappa shape index (κ2) is 7.00. The Balaban J connectivity index is 1.61. The summed E-state index contributed by atoms with van der Waals surface area (Å²) in [6, 6.07) is 11.4. The van der Waals surface area contributed by atoms with E-state index in [-0.39, 0.29) is 12.0 Å². The zero-order valence-electron chi connectivity index (χ0n) is 16.2. The average molecular weight is 391 g/mol. The molecule has 0 radical (unpaired) electrons. The summed E-state index contributed by atoms with van der Waals surface area (Å²) >= 11 is 0. The van der Waals surface area contributed by atoms with Crippen LogP contribution in [0.2, 0.25) is 0 Å². The Morgan fingerprint density at radius 2 is 2.10 bits per heavy atom. The Morgan fingerprint density at radius 1 is 1.21 bits per heavy atom. The summed E-state index contributed by atoms with van der Waals surface area (Å²) in [6.45, 7) is 2.64. The molecule has 4 aromatic rings. The van der Waals surface area contributed by atoms with Gasteiger partial charge in [-0.1, -0.05) is 12.1 Å². The lowest BCUT2D eigenvalue weighted by molar-refractivity contribution is -0.0294. The van der Waals surface area contributed by atoms with E-state index in [1.807, 2.05) is 47.9 Å². The summed E-state index contributed by atoms with van der Waals surface area (Å²) in [5.41, 5.74) is 10.6. The summed E-state index contributed by atoms with van der Waals surface area (Å²) in [6.07, 6.45) is 4.45. The summed E-state index contributed by atoms with van der Waals surface area (Å²) < 4.78 is 22.5. The first-order chi connectivity index (χ1) is 14.1. The van der Waals surface area contributed by atoms with Crippen LogP contribution in [0, 0.1) is 12.7 Å². The molecule has 0 saturated carbocycles. The van der Waals surface area contributed by atoms with Gasteiger partial charge in [0.2, 0.25) is 0 Å². The number of nitrogens with two attached hydrogens (primary N) is 1. The number of pyridine rings is 1. The standard InChI is InChI=1S/C22H22FN5O/c1-13-5-4-6-17(25-13)21-20(26-22(24)27-21)14-8-9-18-15(11-14)16(23)12-28(18)19-7-2-3-10-29-19/h4-6,8-9,11-12,19H,2-3,7,10H2,1H3,(H3,24,26,27). The molecule has 5 rings (SSSR count). The van der Waals surface area contributed by atoms with E-state index in [0.29, 0.717) is 23.6 Å². The Kier molecular flexibility index (Phi) is 4.32. The Hall–Kier alpha value is -3.19. The van der Waals surface area contributed by atoms with E-state index in [9.17, 15) is 4.39 Å². The van der Waals surface area contributed by atoms with Crippen molar-refractivity contribution < 1.29 is 9.13 Å². The predicted octanol–water partition coefficient (Wildman–Crippen LogP) is 4.82. The molecule has 3 aromatic heterocycles. The number of aromatic amines is 1. The molecule has 1 aromatic carbocycles. The zero-order valence-corrected chi connectivity index (χ0v) is 16.2. The van der Waals surface area contributed by atoms with Crippen molar-refractivity contribution in [2.75, 3.05) is 12.3 Å². The zero-order chi connectivity index (χ0) is 20.0. The van der Waals surface area contributed by atoms with Crippen molar-refractivity contribution in [2.45, 2.75) is 32.4 Å². The number of nitrogens with zero attached hydrogens (tertiary/aromatic N) is 3. The van der Waals surface area contributed by atoms with Gasteiger partial charge < -0.3 is 20.0 Å². The number of nitrogens with one attached hydrogen (secondary N) is 1. The van der Waals surface area contributed by atoms with Crippen LogP contribution in [0.15, 0.2) is 42.6 Å². The number of aromatic nitrogens is 4. The van der Waals surface area contributed by atoms with Crippen molar-refractivity contribution >= 4 is 16.9 Å². The lowest BCUT2D eigenvalue weighted by atomic mass is 10.1. The van der Waals surface area contributed by atoms with E-state index in [0.717, 1.165) is 47.4 Å². The Morgan fingerprint density at radius 3 is 2.90 bits per heavy atom. The largest absolute Gasteiger partial charge is 0.369 e. The van der Waals surface area contributed by atoms with Crippen LogP contribution in [0.3, 0.4) is 0 Å². The number of rotatable bonds is 3. The van der Waals surface area contributed by atoms with Gasteiger partial charge in [-0.25, -0.2) is 9.37 Å². The number of benzene rings is 1. The maximum Gasteiger partial charge on any atom is 0.198 e. The molecule has 148 valence electrons. The van der Waals surface area contributed by atoms with Crippen LogP contribution in [0.4, 0.5) is 10.3 Å². The van der Waals surface area contributed by atoms with Gasteiger partial charge in [0.25, 0.3) is 0 Å². The number of hydrogen-bond donors (Lipinski definition) is 2. The molecule has 0 bridgehead atoms. The van der Waals surface area contributed by atoms with Crippen molar-refractivity contribution in [3.63, 3.8) is 0 Å². The molecule has 1 fully saturated rings. The van der Waals surface area contributed by atoms with Gasteiger partial charge in [0.1, 0.15) is 12.0 Å². The summed E-state index contributed by atoms with van der Waals surface area (Å²) in [4.78, 5) is 12.1. The van der Waals surface area contributed by atoms with Gasteiger partial charge in [-0.15, -0.1) is 0 Å². The molecule has 0 spiro atoms. The third kappa shape index (κ3) is 3.17. The molecule has 6 nitrogen and oxygen atoms in total. The van der Waals surface area contributed by atoms with Crippen molar-refractivity contribution in [3.05, 3.63) is 54.1 Å². The van der Waals surface area contributed by atoms with E-state index in [1.54, 1.807) is 0 Å². The fourth-order valence-electron chi connectivity index (χ4n) is 4.01. The topological polar surface area (TPSA) is 81.8 Å². The first-order valence-corrected chi connectivity index (χ1v) is 9.82. The van der Waals surface area contributed by atoms with Gasteiger partial charge in [0.05, 0.1) is 22.6 Å². The summed E-state index contributed by atoms with van der Waals surface area (Å²) in [5, 5.41) is 0.543. The molecule has 0 amide bonds. The molecule has 0 aliphatic carbocycles. The number of fused-ring (bicyclic) bond motifs is 1. The highest BCUT2D eigenvalue weighted by Gasteiger charge is 2.21. The fraction of sp³-hybridized carbons (Fsp3) is 0.273. The molecule has 3 N–H and O–H groups in total. The number of hydrogen-bond acceptors (Lipinski definition) is 4. The molecular weight excluding hydrogens is 369 g/mol. The van der Waals surface area contributed by atoms with Gasteiger partial charge in [0, 0.05) is 29.4 Å². The third-order valence-corrected chi connectivity index (χ3v) is 5.39. The second-order valence-corrected chi connectivity index (χ2v) is 7.45. The van der Waals surface area contributed by atoms with Crippen LogP contribution in [0.25, 0.3) is 33.5 Å². The molecule has 1 saturated heterocycles. The molecular formula is C22H22FN5O. The number of nitrogen functional groups attached to an aromatic ring is 1. The summed E-state index contributed by atoms with van der Waals surface area (Å²) in [5.74, 6) is 0.0295. The second-order valence-electron chi connectivity index (χ2n) is 7.45. The molecule has 1 aliphatic heterocycles. The predicted molar refractivity (Wildman–Crippen MR) is 111 cm³/mol. The maximum absolute atomic E-state index is 14.8. The van der Waals surface area contributed by atoms with Crippen LogP contribution < -0.4 is 5.73 Å². The first-order valence-electron chi connectivity index (χ1n) is 9.82. The van der Waals surface area contributed by atoms with Crippen LogP contribution in [0.1, 0.15) is 31.2 Å². The molecule has 7 heteroatoms. The Labute approximate surface area is 167 Å². The summed E-state index contributed by atoms with van der Waals surface area (Å²) in [7, 11) is 0. The molecule has 1 aliphatic rings. The molecule has 4 heterocycles. The lowest BCUT2D eigenvalue weighted by Crippen LogP contribution is -2.17. The molecule has 1 unspecified atom stereocenters. The number of H-pyrrole nitrogens is 1. The number of ether oxygens (including phenoxy) is 1. The molecule has 29 heavy (non-hydrogen) atoms. The van der Waals surface area contributed by atoms with Crippen molar-refractivity contribution in [1.29, 1.82) is 0 Å². The fourth-order valence-corrected chi connectivity index (χ4v) is 4.01. The Bertz CT molecular complexity index is 1190. The third-order valence-electron chi connectivity index (χ3n) is 5.39. The number of halogens is 1. The minimum absolute atomic E-state index is 0.116. The number of aryl methyl sites for hydroxylation is 1. The van der Waals surface area contributed by atoms with Gasteiger partial charge >= 0.3 is 0 Å². The van der Waals surface area contributed by atoms with E-state index in [4.69, 9.17) is 10.5 Å². The van der Waals surface area contributed by atoms with Gasteiger partial charge in [-0.2, -0.15) is 0 Å². The van der Waals surface area contributed by atoms with E-state index >= 15 is 0 Å². The van der Waals surface area contributed by atoms with Crippen LogP contribution >= 0.6 is 0 Å². The normalized spacial score (nSPS) is 17.1. The first kappa shape index (κ1) is 17.9. The highest BCUT2D eigenvalue weighted by molar-refractivity contribution is 5.88. The lowest BCUT2D eigenvalue weighted by Gasteiger charge is -2.24. The van der Waals surface area contributed by atoms with Gasteiger partial charge in [-0.3, -0.25) is 4.98 Å². The number of anilines is 1. The van der Waals surface area contributed by atoms with Crippen molar-refractivity contribution in [2.24, 2.45) is 0 Å². The monoisotopic (exact) mass is 391 g/mol. The quantitative estimate of drug-likeness (QED) is 0.524. The van der Waals surface area contributed by atoms with E-state index in [2.05, 4.69) is 15.0 Å². The van der Waals surface area contributed by atoms with E-state index in [1.165, 1.54) is 6.20 Å².